The molecule has 0 saturated carbocycles. The number of rotatable bonds is 4. The van der Waals surface area contributed by atoms with E-state index in [0.29, 0.717) is 16.7 Å². The summed E-state index contributed by atoms with van der Waals surface area (Å²) in [5, 5.41) is 9.37. The molecule has 0 fully saturated rings. The molecule has 0 amide bonds. The molecular formula is C12H11ClN2O3. The van der Waals surface area contributed by atoms with Gasteiger partial charge in [0.15, 0.2) is 0 Å². The molecule has 1 aromatic heterocycles. The SMILES string of the molecule is Cn1c(Cl)cnc1COc1cccc(C(=O)O)c1. The zero-order valence-electron chi connectivity index (χ0n) is 9.63. The Morgan fingerprint density at radius 2 is 2.33 bits per heavy atom. The summed E-state index contributed by atoms with van der Waals surface area (Å²) in [7, 11) is 1.78. The maximum absolute atomic E-state index is 10.8. The molecule has 2 aromatic rings. The number of carbonyl (C=O) groups is 1. The predicted molar refractivity (Wildman–Crippen MR) is 66.0 cm³/mol. The number of hydrogen-bond donors (Lipinski definition) is 1. The Morgan fingerprint density at radius 3 is 2.94 bits per heavy atom. The van der Waals surface area contributed by atoms with Crippen LogP contribution in [0.25, 0.3) is 0 Å². The lowest BCUT2D eigenvalue weighted by Crippen LogP contribution is -2.04. The summed E-state index contributed by atoms with van der Waals surface area (Å²) in [5.74, 6) is 0.162. The third-order valence-electron chi connectivity index (χ3n) is 2.48. The number of carboxylic acid groups (broad SMARTS) is 1. The van der Waals surface area contributed by atoms with Crippen molar-refractivity contribution in [2.75, 3.05) is 0 Å². The number of benzene rings is 1. The van der Waals surface area contributed by atoms with Gasteiger partial charge < -0.3 is 14.4 Å². The van der Waals surface area contributed by atoms with Gasteiger partial charge in [0.1, 0.15) is 23.3 Å². The summed E-state index contributed by atoms with van der Waals surface area (Å²) >= 11 is 5.85. The van der Waals surface area contributed by atoms with Crippen LogP contribution in [-0.4, -0.2) is 20.6 Å². The minimum atomic E-state index is -0.986. The van der Waals surface area contributed by atoms with Gasteiger partial charge in [-0.2, -0.15) is 0 Å². The van der Waals surface area contributed by atoms with E-state index in [0.717, 1.165) is 0 Å². The van der Waals surface area contributed by atoms with E-state index in [9.17, 15) is 4.79 Å². The van der Waals surface area contributed by atoms with Gasteiger partial charge in [-0.05, 0) is 18.2 Å². The van der Waals surface area contributed by atoms with Crippen molar-refractivity contribution in [2.24, 2.45) is 7.05 Å². The van der Waals surface area contributed by atoms with E-state index in [4.69, 9.17) is 21.4 Å². The number of halogens is 1. The first-order valence-electron chi connectivity index (χ1n) is 5.20. The molecule has 0 atom stereocenters. The Morgan fingerprint density at radius 1 is 1.56 bits per heavy atom. The lowest BCUT2D eigenvalue weighted by atomic mass is 10.2. The molecular weight excluding hydrogens is 256 g/mol. The molecule has 5 nitrogen and oxygen atoms in total. The van der Waals surface area contributed by atoms with E-state index in [2.05, 4.69) is 4.98 Å². The highest BCUT2D eigenvalue weighted by Gasteiger charge is 2.07. The van der Waals surface area contributed by atoms with Gasteiger partial charge in [0.2, 0.25) is 0 Å². The Hall–Kier alpha value is -2.01. The monoisotopic (exact) mass is 266 g/mol. The average molecular weight is 267 g/mol. The topological polar surface area (TPSA) is 64.4 Å². The molecule has 0 aliphatic carbocycles. The maximum Gasteiger partial charge on any atom is 0.335 e. The first-order valence-corrected chi connectivity index (χ1v) is 5.58. The molecule has 0 bridgehead atoms. The van der Waals surface area contributed by atoms with Crippen molar-refractivity contribution in [1.29, 1.82) is 0 Å². The van der Waals surface area contributed by atoms with Gasteiger partial charge in [0.05, 0.1) is 11.8 Å². The minimum Gasteiger partial charge on any atom is -0.486 e. The molecule has 94 valence electrons. The third kappa shape index (κ3) is 2.62. The van der Waals surface area contributed by atoms with Crippen molar-refractivity contribution >= 4 is 17.6 Å². The average Bonchev–Trinajstić information content (AvgIpc) is 2.68. The molecule has 18 heavy (non-hydrogen) atoms. The summed E-state index contributed by atoms with van der Waals surface area (Å²) in [5.41, 5.74) is 0.186. The van der Waals surface area contributed by atoms with Crippen LogP contribution in [0.5, 0.6) is 5.75 Å². The zero-order chi connectivity index (χ0) is 13.1. The molecule has 0 spiro atoms. The van der Waals surface area contributed by atoms with Gasteiger partial charge in [0.25, 0.3) is 0 Å². The fourth-order valence-corrected chi connectivity index (χ4v) is 1.57. The highest BCUT2D eigenvalue weighted by atomic mass is 35.5. The maximum atomic E-state index is 10.8. The quantitative estimate of drug-likeness (QED) is 0.923. The van der Waals surface area contributed by atoms with Crippen molar-refractivity contribution in [1.82, 2.24) is 9.55 Å². The molecule has 0 radical (unpaired) electrons. The smallest absolute Gasteiger partial charge is 0.335 e. The fourth-order valence-electron chi connectivity index (χ4n) is 1.43. The number of nitrogens with zero attached hydrogens (tertiary/aromatic N) is 2. The molecule has 1 heterocycles. The van der Waals surface area contributed by atoms with E-state index in [1.165, 1.54) is 18.3 Å². The van der Waals surface area contributed by atoms with Crippen LogP contribution in [0.4, 0.5) is 0 Å². The largest absolute Gasteiger partial charge is 0.486 e. The Balaban J connectivity index is 2.08. The molecule has 0 aliphatic rings. The Bertz CT molecular complexity index is 580. The van der Waals surface area contributed by atoms with Crippen LogP contribution in [0, 0.1) is 0 Å². The molecule has 0 saturated heterocycles. The van der Waals surface area contributed by atoms with Crippen LogP contribution in [0.15, 0.2) is 30.5 Å². The van der Waals surface area contributed by atoms with Crippen molar-refractivity contribution in [3.05, 3.63) is 47.0 Å². The Kier molecular flexibility index (Phi) is 3.53. The van der Waals surface area contributed by atoms with Crippen molar-refractivity contribution in [3.63, 3.8) is 0 Å². The molecule has 6 heteroatoms. The zero-order valence-corrected chi connectivity index (χ0v) is 10.4. The lowest BCUT2D eigenvalue weighted by molar-refractivity contribution is 0.0696. The van der Waals surface area contributed by atoms with Gasteiger partial charge in [-0.25, -0.2) is 9.78 Å². The second-order valence-electron chi connectivity index (χ2n) is 3.68. The van der Waals surface area contributed by atoms with Gasteiger partial charge in [-0.15, -0.1) is 0 Å². The number of ether oxygens (including phenoxy) is 1. The standard InChI is InChI=1S/C12H11ClN2O3/c1-15-10(13)6-14-11(15)7-18-9-4-2-3-8(5-9)12(16)17/h2-6H,7H2,1H3,(H,16,17). The first kappa shape index (κ1) is 12.4. The van der Waals surface area contributed by atoms with Crippen molar-refractivity contribution < 1.29 is 14.6 Å². The summed E-state index contributed by atoms with van der Waals surface area (Å²) in [6.07, 6.45) is 1.54. The molecule has 1 N–H and O–H groups in total. The summed E-state index contributed by atoms with van der Waals surface area (Å²) < 4.78 is 7.17. The van der Waals surface area contributed by atoms with E-state index in [-0.39, 0.29) is 12.2 Å². The number of aromatic carboxylic acids is 1. The predicted octanol–water partition coefficient (Wildman–Crippen LogP) is 2.35. The molecule has 2 rings (SSSR count). The normalized spacial score (nSPS) is 10.3. The number of imidazole rings is 1. The molecule has 1 aromatic carbocycles. The number of aromatic nitrogens is 2. The number of hydrogen-bond acceptors (Lipinski definition) is 3. The Labute approximate surface area is 109 Å². The van der Waals surface area contributed by atoms with Crippen LogP contribution in [0.1, 0.15) is 16.2 Å². The summed E-state index contributed by atoms with van der Waals surface area (Å²) in [6.45, 7) is 0.228. The van der Waals surface area contributed by atoms with Crippen LogP contribution in [-0.2, 0) is 13.7 Å². The second kappa shape index (κ2) is 5.10. The van der Waals surface area contributed by atoms with E-state index < -0.39 is 5.97 Å². The third-order valence-corrected chi connectivity index (χ3v) is 2.83. The van der Waals surface area contributed by atoms with Crippen molar-refractivity contribution in [3.8, 4) is 5.75 Å². The van der Waals surface area contributed by atoms with Crippen LogP contribution in [0.3, 0.4) is 0 Å². The highest BCUT2D eigenvalue weighted by molar-refractivity contribution is 6.29. The first-order chi connectivity index (χ1) is 8.58. The minimum absolute atomic E-state index is 0.186. The summed E-state index contributed by atoms with van der Waals surface area (Å²) in [6, 6.07) is 6.29. The van der Waals surface area contributed by atoms with Gasteiger partial charge >= 0.3 is 5.97 Å². The molecule has 0 unspecified atom stereocenters. The van der Waals surface area contributed by atoms with Crippen LogP contribution in [0.2, 0.25) is 5.15 Å². The van der Waals surface area contributed by atoms with Crippen LogP contribution >= 0.6 is 11.6 Å². The lowest BCUT2D eigenvalue weighted by Gasteiger charge is -2.07. The van der Waals surface area contributed by atoms with Gasteiger partial charge in [0, 0.05) is 7.05 Å². The highest BCUT2D eigenvalue weighted by Crippen LogP contribution is 2.16. The number of carboxylic acids is 1. The fraction of sp³-hybridized carbons (Fsp3) is 0.167. The van der Waals surface area contributed by atoms with E-state index in [1.807, 2.05) is 0 Å². The van der Waals surface area contributed by atoms with E-state index >= 15 is 0 Å². The summed E-state index contributed by atoms with van der Waals surface area (Å²) in [4.78, 5) is 14.9. The molecule has 0 aliphatic heterocycles. The second-order valence-corrected chi connectivity index (χ2v) is 4.07. The van der Waals surface area contributed by atoms with Crippen molar-refractivity contribution in [2.45, 2.75) is 6.61 Å². The van der Waals surface area contributed by atoms with Gasteiger partial charge in [-0.3, -0.25) is 0 Å². The van der Waals surface area contributed by atoms with Gasteiger partial charge in [-0.1, -0.05) is 17.7 Å². The van der Waals surface area contributed by atoms with E-state index in [1.54, 1.807) is 23.7 Å². The van der Waals surface area contributed by atoms with Crippen LogP contribution < -0.4 is 4.74 Å².